The Kier molecular flexibility index (Phi) is 3.57. The van der Waals surface area contributed by atoms with E-state index in [9.17, 15) is 0 Å². The highest BCUT2D eigenvalue weighted by atomic mass is 35.5. The molecule has 0 aliphatic heterocycles. The first-order valence-corrected chi connectivity index (χ1v) is 5.84. The molecule has 0 spiro atoms. The molecule has 1 unspecified atom stereocenters. The molecule has 0 bridgehead atoms. The van der Waals surface area contributed by atoms with Gasteiger partial charge in [0, 0.05) is 24.0 Å². The van der Waals surface area contributed by atoms with E-state index >= 15 is 0 Å². The number of alkyl halides is 1. The minimum absolute atomic E-state index is 0.414. The summed E-state index contributed by atoms with van der Waals surface area (Å²) >= 11 is 5.73. The summed E-state index contributed by atoms with van der Waals surface area (Å²) in [6.45, 7) is 2.88. The van der Waals surface area contributed by atoms with E-state index in [1.807, 2.05) is 30.5 Å². The van der Waals surface area contributed by atoms with Crippen LogP contribution in [0.2, 0.25) is 0 Å². The Morgan fingerprint density at radius 2 is 2.19 bits per heavy atom. The smallest absolute Gasteiger partial charge is 0.223 e. The van der Waals surface area contributed by atoms with Crippen LogP contribution in [0.5, 0.6) is 0 Å². The predicted octanol–water partition coefficient (Wildman–Crippen LogP) is 2.92. The lowest BCUT2D eigenvalue weighted by Crippen LogP contribution is -2.14. The van der Waals surface area contributed by atoms with Crippen molar-refractivity contribution in [2.75, 3.05) is 17.7 Å². The lowest BCUT2D eigenvalue weighted by molar-refractivity contribution is 0.692. The number of nitrogens with zero attached hydrogens (tertiary/aromatic N) is 2. The maximum absolute atomic E-state index is 5.73. The summed E-state index contributed by atoms with van der Waals surface area (Å²) < 4.78 is 0. The summed E-state index contributed by atoms with van der Waals surface area (Å²) in [4.78, 5) is 8.66. The molecule has 16 heavy (non-hydrogen) atoms. The highest BCUT2D eigenvalue weighted by Gasteiger charge is 2.02. The van der Waals surface area contributed by atoms with Crippen LogP contribution in [0, 0.1) is 5.92 Å². The number of rotatable bonds is 4. The third-order valence-electron chi connectivity index (χ3n) is 2.36. The van der Waals surface area contributed by atoms with Crippen molar-refractivity contribution in [1.29, 1.82) is 0 Å². The van der Waals surface area contributed by atoms with Gasteiger partial charge >= 0.3 is 0 Å². The fourth-order valence-electron chi connectivity index (χ4n) is 1.38. The van der Waals surface area contributed by atoms with Gasteiger partial charge in [-0.25, -0.2) is 9.97 Å². The van der Waals surface area contributed by atoms with E-state index in [0.717, 1.165) is 17.4 Å². The quantitative estimate of drug-likeness (QED) is 0.829. The zero-order chi connectivity index (χ0) is 11.4. The standard InChI is InChI=1S/C12H14ClN3/c1-9(6-13)7-14-12-15-8-10-4-2-3-5-11(10)16-12/h2-5,8-9H,6-7H2,1H3,(H,14,15,16). The van der Waals surface area contributed by atoms with Crippen LogP contribution in [0.15, 0.2) is 30.5 Å². The van der Waals surface area contributed by atoms with Crippen LogP contribution in [0.1, 0.15) is 6.92 Å². The van der Waals surface area contributed by atoms with Gasteiger partial charge in [-0.15, -0.1) is 11.6 Å². The molecule has 0 saturated carbocycles. The zero-order valence-electron chi connectivity index (χ0n) is 9.15. The molecule has 3 nitrogen and oxygen atoms in total. The van der Waals surface area contributed by atoms with Gasteiger partial charge in [0.25, 0.3) is 0 Å². The number of nitrogens with one attached hydrogen (secondary N) is 1. The Morgan fingerprint density at radius 1 is 1.38 bits per heavy atom. The van der Waals surface area contributed by atoms with Gasteiger partial charge in [-0.2, -0.15) is 0 Å². The predicted molar refractivity (Wildman–Crippen MR) is 67.9 cm³/mol. The average Bonchev–Trinajstić information content (AvgIpc) is 2.35. The van der Waals surface area contributed by atoms with E-state index in [4.69, 9.17) is 11.6 Å². The lowest BCUT2D eigenvalue weighted by atomic mass is 10.2. The molecule has 0 aliphatic carbocycles. The molecule has 0 radical (unpaired) electrons. The van der Waals surface area contributed by atoms with Crippen LogP contribution in [0.4, 0.5) is 5.95 Å². The normalized spacial score (nSPS) is 12.6. The summed E-state index contributed by atoms with van der Waals surface area (Å²) in [5.74, 6) is 1.72. The maximum Gasteiger partial charge on any atom is 0.223 e. The third kappa shape index (κ3) is 2.61. The largest absolute Gasteiger partial charge is 0.354 e. The van der Waals surface area contributed by atoms with Crippen LogP contribution in [0.3, 0.4) is 0 Å². The third-order valence-corrected chi connectivity index (χ3v) is 2.89. The lowest BCUT2D eigenvalue weighted by Gasteiger charge is -2.09. The minimum atomic E-state index is 0.414. The fourth-order valence-corrected chi connectivity index (χ4v) is 1.49. The molecule has 1 heterocycles. The van der Waals surface area contributed by atoms with Crippen molar-refractivity contribution in [2.24, 2.45) is 5.92 Å². The number of benzene rings is 1. The van der Waals surface area contributed by atoms with Gasteiger partial charge in [-0.3, -0.25) is 0 Å². The molecule has 0 fully saturated rings. The molecule has 1 N–H and O–H groups in total. The number of fused-ring (bicyclic) bond motifs is 1. The summed E-state index contributed by atoms with van der Waals surface area (Å²) in [5, 5.41) is 4.23. The van der Waals surface area contributed by atoms with Crippen LogP contribution in [-0.4, -0.2) is 22.4 Å². The topological polar surface area (TPSA) is 37.8 Å². The van der Waals surface area contributed by atoms with Crippen molar-refractivity contribution in [1.82, 2.24) is 9.97 Å². The molecule has 4 heteroatoms. The van der Waals surface area contributed by atoms with E-state index in [-0.39, 0.29) is 0 Å². The number of aromatic nitrogens is 2. The highest BCUT2D eigenvalue weighted by molar-refractivity contribution is 6.18. The van der Waals surface area contributed by atoms with Gasteiger partial charge in [-0.05, 0) is 12.0 Å². The molecule has 1 aromatic carbocycles. The highest BCUT2D eigenvalue weighted by Crippen LogP contribution is 2.11. The molecule has 1 atom stereocenters. The van der Waals surface area contributed by atoms with Gasteiger partial charge in [0.15, 0.2) is 0 Å². The van der Waals surface area contributed by atoms with Crippen LogP contribution < -0.4 is 5.32 Å². The molecular weight excluding hydrogens is 222 g/mol. The molecule has 0 aliphatic rings. The second-order valence-electron chi connectivity index (χ2n) is 3.89. The summed E-state index contributed by atoms with van der Waals surface area (Å²) in [6.07, 6.45) is 1.83. The maximum atomic E-state index is 5.73. The summed E-state index contributed by atoms with van der Waals surface area (Å²) in [5.41, 5.74) is 0.957. The van der Waals surface area contributed by atoms with E-state index in [1.165, 1.54) is 0 Å². The zero-order valence-corrected chi connectivity index (χ0v) is 9.91. The van der Waals surface area contributed by atoms with Crippen LogP contribution in [0.25, 0.3) is 10.9 Å². The minimum Gasteiger partial charge on any atom is -0.354 e. The molecule has 84 valence electrons. The summed E-state index contributed by atoms with van der Waals surface area (Å²) in [6, 6.07) is 7.93. The monoisotopic (exact) mass is 235 g/mol. The van der Waals surface area contributed by atoms with Gasteiger partial charge in [0.05, 0.1) is 5.52 Å². The molecular formula is C12H14ClN3. The molecule has 0 amide bonds. The van der Waals surface area contributed by atoms with Crippen molar-refractivity contribution >= 4 is 28.5 Å². The van der Waals surface area contributed by atoms with Crippen molar-refractivity contribution in [2.45, 2.75) is 6.92 Å². The molecule has 0 saturated heterocycles. The van der Waals surface area contributed by atoms with E-state index in [0.29, 0.717) is 17.7 Å². The number of para-hydroxylation sites is 1. The van der Waals surface area contributed by atoms with Crippen LogP contribution >= 0.6 is 11.6 Å². The molecule has 2 aromatic rings. The van der Waals surface area contributed by atoms with E-state index < -0.39 is 0 Å². The van der Waals surface area contributed by atoms with Crippen molar-refractivity contribution in [3.8, 4) is 0 Å². The Balaban J connectivity index is 2.13. The average molecular weight is 236 g/mol. The first-order chi connectivity index (χ1) is 7.79. The van der Waals surface area contributed by atoms with Gasteiger partial charge < -0.3 is 5.32 Å². The fraction of sp³-hybridized carbons (Fsp3) is 0.333. The van der Waals surface area contributed by atoms with Crippen LogP contribution in [-0.2, 0) is 0 Å². The van der Waals surface area contributed by atoms with Crippen molar-refractivity contribution < 1.29 is 0 Å². The second-order valence-corrected chi connectivity index (χ2v) is 4.20. The SMILES string of the molecule is CC(CCl)CNc1ncc2ccccc2n1. The van der Waals surface area contributed by atoms with E-state index in [1.54, 1.807) is 0 Å². The van der Waals surface area contributed by atoms with Gasteiger partial charge in [-0.1, -0.05) is 25.1 Å². The van der Waals surface area contributed by atoms with Gasteiger partial charge in [0.1, 0.15) is 0 Å². The summed E-state index contributed by atoms with van der Waals surface area (Å²) in [7, 11) is 0. The Bertz CT molecular complexity index is 473. The Morgan fingerprint density at radius 3 is 3.00 bits per heavy atom. The molecule has 1 aromatic heterocycles. The Hall–Kier alpha value is -1.35. The number of anilines is 1. The second kappa shape index (κ2) is 5.12. The molecule has 2 rings (SSSR count). The van der Waals surface area contributed by atoms with Crippen molar-refractivity contribution in [3.63, 3.8) is 0 Å². The van der Waals surface area contributed by atoms with Gasteiger partial charge in [0.2, 0.25) is 5.95 Å². The first-order valence-electron chi connectivity index (χ1n) is 5.31. The number of halogens is 1. The number of hydrogen-bond donors (Lipinski definition) is 1. The number of hydrogen-bond acceptors (Lipinski definition) is 3. The van der Waals surface area contributed by atoms with Crippen molar-refractivity contribution in [3.05, 3.63) is 30.5 Å². The first kappa shape index (κ1) is 11.1. The van der Waals surface area contributed by atoms with E-state index in [2.05, 4.69) is 22.2 Å². The Labute approximate surface area is 99.9 Å².